The molecular weight excluding hydrogens is 452 g/mol. The van der Waals surface area contributed by atoms with E-state index in [1.807, 2.05) is 25.1 Å². The van der Waals surface area contributed by atoms with Crippen molar-refractivity contribution in [1.29, 1.82) is 0 Å². The van der Waals surface area contributed by atoms with Gasteiger partial charge in [-0.3, -0.25) is 25.5 Å². The summed E-state index contributed by atoms with van der Waals surface area (Å²) in [4.78, 5) is 44.2. The third-order valence-electron chi connectivity index (χ3n) is 4.30. The second-order valence-corrected chi connectivity index (χ2v) is 8.79. The Kier molecular flexibility index (Phi) is 5.79. The standard InChI is InChI=1S/C20H16N6O4S2/c1-10-4-3-5-12(8-10)22-18(28)25-19-21-11(2)16(32-19)17(27)24-20-23-14-7-6-13(26(29)30)9-15(14)31-20/h3-9H,1-2H3,(H,23,24,27)(H2,21,22,25,28). The molecule has 0 spiro atoms. The molecule has 0 radical (unpaired) electrons. The topological polar surface area (TPSA) is 139 Å². The van der Waals surface area contributed by atoms with Crippen molar-refractivity contribution in [3.8, 4) is 0 Å². The van der Waals surface area contributed by atoms with Gasteiger partial charge in [0, 0.05) is 17.8 Å². The molecular formula is C20H16N6O4S2. The highest BCUT2D eigenvalue weighted by molar-refractivity contribution is 7.22. The summed E-state index contributed by atoms with van der Waals surface area (Å²) in [6.07, 6.45) is 0. The smallest absolute Gasteiger partial charge is 0.308 e. The molecule has 2 aromatic carbocycles. The lowest BCUT2D eigenvalue weighted by Gasteiger charge is -2.05. The predicted octanol–water partition coefficient (Wildman–Crippen LogP) is 5.17. The van der Waals surface area contributed by atoms with Crippen molar-refractivity contribution in [2.75, 3.05) is 16.0 Å². The number of anilines is 3. The number of aromatic nitrogens is 2. The van der Waals surface area contributed by atoms with Gasteiger partial charge in [0.2, 0.25) is 0 Å². The van der Waals surface area contributed by atoms with Crippen LogP contribution in [0.15, 0.2) is 42.5 Å². The highest BCUT2D eigenvalue weighted by Gasteiger charge is 2.19. The number of rotatable bonds is 5. The molecule has 162 valence electrons. The van der Waals surface area contributed by atoms with Gasteiger partial charge >= 0.3 is 6.03 Å². The fourth-order valence-corrected chi connectivity index (χ4v) is 4.63. The van der Waals surface area contributed by atoms with Crippen molar-refractivity contribution < 1.29 is 14.5 Å². The number of urea groups is 1. The number of hydrogen-bond donors (Lipinski definition) is 3. The summed E-state index contributed by atoms with van der Waals surface area (Å²) < 4.78 is 0.589. The van der Waals surface area contributed by atoms with E-state index in [2.05, 4.69) is 25.9 Å². The Morgan fingerprint density at radius 1 is 0.969 bits per heavy atom. The normalized spacial score (nSPS) is 10.7. The first-order valence-electron chi connectivity index (χ1n) is 9.27. The van der Waals surface area contributed by atoms with Gasteiger partial charge in [-0.1, -0.05) is 34.8 Å². The Morgan fingerprint density at radius 3 is 2.50 bits per heavy atom. The number of carbonyl (C=O) groups is 2. The molecule has 0 fully saturated rings. The number of thiazole rings is 2. The lowest BCUT2D eigenvalue weighted by atomic mass is 10.2. The predicted molar refractivity (Wildman–Crippen MR) is 125 cm³/mol. The second kappa shape index (κ2) is 8.69. The van der Waals surface area contributed by atoms with Gasteiger partial charge in [-0.05, 0) is 37.6 Å². The minimum atomic E-state index is -0.484. The number of benzene rings is 2. The Hall–Kier alpha value is -3.90. The Morgan fingerprint density at radius 2 is 1.75 bits per heavy atom. The van der Waals surface area contributed by atoms with Crippen LogP contribution in [0.4, 0.5) is 26.4 Å². The molecule has 4 rings (SSSR count). The second-order valence-electron chi connectivity index (χ2n) is 6.76. The number of nitro groups is 1. The van der Waals surface area contributed by atoms with E-state index in [0.29, 0.717) is 31.6 Å². The molecule has 10 nitrogen and oxygen atoms in total. The number of carbonyl (C=O) groups excluding carboxylic acids is 2. The van der Waals surface area contributed by atoms with Gasteiger partial charge in [-0.15, -0.1) is 0 Å². The molecule has 0 aliphatic heterocycles. The molecule has 0 unspecified atom stereocenters. The number of non-ortho nitro benzene ring substituents is 1. The summed E-state index contributed by atoms with van der Waals surface area (Å²) in [6.45, 7) is 3.58. The monoisotopic (exact) mass is 468 g/mol. The van der Waals surface area contributed by atoms with Crippen molar-refractivity contribution >= 4 is 66.5 Å². The van der Waals surface area contributed by atoms with Crippen LogP contribution in [0.2, 0.25) is 0 Å². The molecule has 12 heteroatoms. The number of nitrogens with one attached hydrogen (secondary N) is 3. The van der Waals surface area contributed by atoms with E-state index < -0.39 is 16.9 Å². The fourth-order valence-electron chi connectivity index (χ4n) is 2.88. The summed E-state index contributed by atoms with van der Waals surface area (Å²) in [5, 5.41) is 19.5. The molecule has 32 heavy (non-hydrogen) atoms. The third kappa shape index (κ3) is 4.71. The first-order chi connectivity index (χ1) is 15.3. The van der Waals surface area contributed by atoms with Crippen LogP contribution in [-0.4, -0.2) is 26.8 Å². The van der Waals surface area contributed by atoms with Crippen molar-refractivity contribution in [2.24, 2.45) is 0 Å². The Bertz CT molecular complexity index is 1360. The highest BCUT2D eigenvalue weighted by Crippen LogP contribution is 2.30. The zero-order chi connectivity index (χ0) is 22.8. The molecule has 0 atom stereocenters. The van der Waals surface area contributed by atoms with E-state index in [1.54, 1.807) is 13.0 Å². The van der Waals surface area contributed by atoms with Gasteiger partial charge in [-0.2, -0.15) is 0 Å². The summed E-state index contributed by atoms with van der Waals surface area (Å²) in [6, 6.07) is 11.2. The van der Waals surface area contributed by atoms with Crippen molar-refractivity contribution in [1.82, 2.24) is 9.97 Å². The van der Waals surface area contributed by atoms with Gasteiger partial charge in [0.25, 0.3) is 11.6 Å². The van der Waals surface area contributed by atoms with E-state index in [1.165, 1.54) is 18.2 Å². The molecule has 0 aliphatic carbocycles. The maximum absolute atomic E-state index is 12.7. The minimum Gasteiger partial charge on any atom is -0.308 e. The lowest BCUT2D eigenvalue weighted by Crippen LogP contribution is -2.19. The Balaban J connectivity index is 1.45. The lowest BCUT2D eigenvalue weighted by molar-refractivity contribution is -0.384. The summed E-state index contributed by atoms with van der Waals surface area (Å²) in [5.74, 6) is -0.430. The fraction of sp³-hybridized carbons (Fsp3) is 0.100. The van der Waals surface area contributed by atoms with Gasteiger partial charge in [-0.25, -0.2) is 14.8 Å². The maximum atomic E-state index is 12.7. The number of aryl methyl sites for hydroxylation is 2. The third-order valence-corrected chi connectivity index (χ3v) is 6.31. The average molecular weight is 469 g/mol. The van der Waals surface area contributed by atoms with Crippen LogP contribution in [0, 0.1) is 24.0 Å². The largest absolute Gasteiger partial charge is 0.325 e. The summed E-state index contributed by atoms with van der Waals surface area (Å²) in [5.41, 5.74) is 2.61. The zero-order valence-corrected chi connectivity index (χ0v) is 18.5. The van der Waals surface area contributed by atoms with Crippen molar-refractivity contribution in [3.05, 3.63) is 68.7 Å². The molecule has 4 aromatic rings. The van der Waals surface area contributed by atoms with Crippen LogP contribution >= 0.6 is 22.7 Å². The summed E-state index contributed by atoms with van der Waals surface area (Å²) in [7, 11) is 0. The van der Waals surface area contributed by atoms with E-state index in [9.17, 15) is 19.7 Å². The summed E-state index contributed by atoms with van der Waals surface area (Å²) >= 11 is 2.17. The van der Waals surface area contributed by atoms with Gasteiger partial charge in [0.15, 0.2) is 10.3 Å². The van der Waals surface area contributed by atoms with Gasteiger partial charge in [0.1, 0.15) is 4.88 Å². The SMILES string of the molecule is Cc1cccc(NC(=O)Nc2nc(C)c(C(=O)Nc3nc4ccc([N+](=O)[O-])cc4s3)s2)c1. The number of fused-ring (bicyclic) bond motifs is 1. The van der Waals surface area contributed by atoms with Crippen molar-refractivity contribution in [3.63, 3.8) is 0 Å². The van der Waals surface area contributed by atoms with Gasteiger partial charge < -0.3 is 5.32 Å². The van der Waals surface area contributed by atoms with Crippen LogP contribution in [0.5, 0.6) is 0 Å². The molecule has 3 amide bonds. The average Bonchev–Trinajstić information content (AvgIpc) is 3.29. The number of nitro benzene ring substituents is 1. The van der Waals surface area contributed by atoms with E-state index in [-0.39, 0.29) is 10.8 Å². The highest BCUT2D eigenvalue weighted by atomic mass is 32.1. The Labute approximate surface area is 189 Å². The molecule has 3 N–H and O–H groups in total. The molecule has 0 saturated heterocycles. The first-order valence-corrected chi connectivity index (χ1v) is 10.9. The minimum absolute atomic E-state index is 0.0445. The van der Waals surface area contributed by atoms with Crippen LogP contribution in [0.1, 0.15) is 20.9 Å². The van der Waals surface area contributed by atoms with Crippen LogP contribution in [-0.2, 0) is 0 Å². The zero-order valence-electron chi connectivity index (χ0n) is 16.8. The quantitative estimate of drug-likeness (QED) is 0.273. The molecule has 0 saturated carbocycles. The number of amides is 3. The van der Waals surface area contributed by atoms with E-state index in [0.717, 1.165) is 28.2 Å². The number of hydrogen-bond acceptors (Lipinski definition) is 8. The van der Waals surface area contributed by atoms with Crippen LogP contribution in [0.25, 0.3) is 10.2 Å². The molecule has 0 bridgehead atoms. The molecule has 0 aliphatic rings. The molecule has 2 heterocycles. The number of nitrogens with zero attached hydrogens (tertiary/aromatic N) is 3. The maximum Gasteiger partial charge on any atom is 0.325 e. The van der Waals surface area contributed by atoms with E-state index >= 15 is 0 Å². The van der Waals surface area contributed by atoms with Gasteiger partial charge in [0.05, 0.1) is 20.8 Å². The van der Waals surface area contributed by atoms with Crippen molar-refractivity contribution in [2.45, 2.75) is 13.8 Å². The molecule has 2 aromatic heterocycles. The van der Waals surface area contributed by atoms with Crippen LogP contribution in [0.3, 0.4) is 0 Å². The van der Waals surface area contributed by atoms with Crippen LogP contribution < -0.4 is 16.0 Å². The first kappa shape index (κ1) is 21.3. The van der Waals surface area contributed by atoms with E-state index in [4.69, 9.17) is 0 Å².